The molecule has 1 aliphatic heterocycles. The summed E-state index contributed by atoms with van der Waals surface area (Å²) in [5.74, 6) is 0.577. The Bertz CT molecular complexity index is 935. The fraction of sp³-hybridized carbons (Fsp3) is 0.222. The molecular weight excluding hydrogens is 334 g/mol. The van der Waals surface area contributed by atoms with Gasteiger partial charge >= 0.3 is 0 Å². The van der Waals surface area contributed by atoms with Crippen molar-refractivity contribution in [2.24, 2.45) is 5.73 Å². The molecule has 3 heterocycles. The Balaban J connectivity index is 1.49. The third kappa shape index (κ3) is 2.97. The highest BCUT2D eigenvalue weighted by Crippen LogP contribution is 2.21. The first kappa shape index (κ1) is 16.1. The summed E-state index contributed by atoms with van der Waals surface area (Å²) in [6.45, 7) is 1.53. The van der Waals surface area contributed by atoms with E-state index in [1.165, 1.54) is 0 Å². The van der Waals surface area contributed by atoms with Crippen LogP contribution in [0.15, 0.2) is 47.1 Å². The largest absolute Gasteiger partial charge is 0.364 e. The number of benzene rings is 1. The van der Waals surface area contributed by atoms with E-state index in [0.717, 1.165) is 11.4 Å². The van der Waals surface area contributed by atoms with Crippen molar-refractivity contribution in [3.05, 3.63) is 59.8 Å². The van der Waals surface area contributed by atoms with Gasteiger partial charge in [0.2, 0.25) is 0 Å². The fourth-order valence-corrected chi connectivity index (χ4v) is 3.02. The first-order valence-electron chi connectivity index (χ1n) is 8.29. The van der Waals surface area contributed by atoms with Gasteiger partial charge in [0.05, 0.1) is 0 Å². The number of hydrogen-bond acceptors (Lipinski definition) is 5. The van der Waals surface area contributed by atoms with Crippen molar-refractivity contribution < 1.29 is 14.1 Å². The van der Waals surface area contributed by atoms with Crippen LogP contribution in [0.4, 0.5) is 0 Å². The van der Waals surface area contributed by atoms with E-state index in [-0.39, 0.29) is 17.3 Å². The lowest BCUT2D eigenvalue weighted by atomic mass is 10.1. The van der Waals surface area contributed by atoms with E-state index in [9.17, 15) is 9.59 Å². The molecule has 0 unspecified atom stereocenters. The van der Waals surface area contributed by atoms with Crippen molar-refractivity contribution in [3.8, 4) is 11.3 Å². The van der Waals surface area contributed by atoms with Crippen LogP contribution < -0.4 is 5.73 Å². The molecule has 0 fully saturated rings. The molecule has 8 heteroatoms. The summed E-state index contributed by atoms with van der Waals surface area (Å²) >= 11 is 0. The molecule has 132 valence electrons. The number of fused-ring (bicyclic) bond motifs is 1. The summed E-state index contributed by atoms with van der Waals surface area (Å²) in [6, 6.07) is 11.2. The minimum Gasteiger partial charge on any atom is -0.364 e. The van der Waals surface area contributed by atoms with Crippen LogP contribution in [0.3, 0.4) is 0 Å². The van der Waals surface area contributed by atoms with Gasteiger partial charge in [0, 0.05) is 43.9 Å². The van der Waals surface area contributed by atoms with E-state index in [4.69, 9.17) is 10.3 Å². The molecule has 0 saturated heterocycles. The number of rotatable bonds is 3. The van der Waals surface area contributed by atoms with Crippen molar-refractivity contribution in [1.82, 2.24) is 19.6 Å². The van der Waals surface area contributed by atoms with Gasteiger partial charge in [-0.15, -0.1) is 0 Å². The number of hydrogen-bond donors (Lipinski definition) is 1. The Labute approximate surface area is 149 Å². The number of primary amides is 1. The second-order valence-corrected chi connectivity index (χ2v) is 6.08. The highest BCUT2D eigenvalue weighted by Gasteiger charge is 2.24. The molecule has 3 aromatic rings. The minimum atomic E-state index is -0.547. The standard InChI is InChI=1S/C18H17N5O3/c19-17(24)14-11-23-9-8-22(7-6-16(23)20-14)18(25)13-10-15(26-21-13)12-4-2-1-3-5-12/h1-5,10-11H,6-9H2,(H2,19,24). The highest BCUT2D eigenvalue weighted by molar-refractivity contribution is 5.93. The van der Waals surface area contributed by atoms with Crippen molar-refractivity contribution in [1.29, 1.82) is 0 Å². The van der Waals surface area contributed by atoms with Crippen LogP contribution in [-0.4, -0.2) is 44.5 Å². The zero-order valence-electron chi connectivity index (χ0n) is 14.0. The van der Waals surface area contributed by atoms with Gasteiger partial charge in [-0.25, -0.2) is 4.98 Å². The van der Waals surface area contributed by atoms with Gasteiger partial charge in [0.25, 0.3) is 11.8 Å². The van der Waals surface area contributed by atoms with Gasteiger partial charge in [-0.1, -0.05) is 35.5 Å². The Morgan fingerprint density at radius 3 is 2.65 bits per heavy atom. The number of carbonyl (C=O) groups excluding carboxylic acids is 2. The Kier molecular flexibility index (Phi) is 4.00. The molecule has 0 atom stereocenters. The maximum atomic E-state index is 12.7. The van der Waals surface area contributed by atoms with Crippen molar-refractivity contribution >= 4 is 11.8 Å². The predicted molar refractivity (Wildman–Crippen MR) is 92.3 cm³/mol. The summed E-state index contributed by atoms with van der Waals surface area (Å²) < 4.78 is 7.18. The predicted octanol–water partition coefficient (Wildman–Crippen LogP) is 1.34. The molecule has 1 aliphatic rings. The maximum absolute atomic E-state index is 12.7. The van der Waals surface area contributed by atoms with E-state index >= 15 is 0 Å². The number of nitrogens with two attached hydrogens (primary N) is 1. The molecule has 0 spiro atoms. The van der Waals surface area contributed by atoms with Crippen LogP contribution >= 0.6 is 0 Å². The molecule has 2 N–H and O–H groups in total. The van der Waals surface area contributed by atoms with Gasteiger partial charge in [0.1, 0.15) is 11.5 Å². The smallest absolute Gasteiger partial charge is 0.276 e. The molecule has 0 aliphatic carbocycles. The Morgan fingerprint density at radius 1 is 1.08 bits per heavy atom. The summed E-state index contributed by atoms with van der Waals surface area (Å²) in [7, 11) is 0. The van der Waals surface area contributed by atoms with E-state index in [0.29, 0.717) is 31.8 Å². The zero-order chi connectivity index (χ0) is 18.1. The Morgan fingerprint density at radius 2 is 1.88 bits per heavy atom. The molecule has 0 radical (unpaired) electrons. The van der Waals surface area contributed by atoms with E-state index in [1.54, 1.807) is 17.2 Å². The second-order valence-electron chi connectivity index (χ2n) is 6.08. The first-order valence-corrected chi connectivity index (χ1v) is 8.29. The van der Waals surface area contributed by atoms with Crippen LogP contribution in [-0.2, 0) is 13.0 Å². The number of imidazole rings is 1. The SMILES string of the molecule is NC(=O)c1cn2c(n1)CCN(C(=O)c1cc(-c3ccccc3)on1)CC2. The van der Waals surface area contributed by atoms with Crippen LogP contribution in [0.1, 0.15) is 26.8 Å². The molecule has 1 aromatic carbocycles. The monoisotopic (exact) mass is 351 g/mol. The van der Waals surface area contributed by atoms with E-state index in [1.807, 2.05) is 34.9 Å². The molecule has 0 saturated carbocycles. The van der Waals surface area contributed by atoms with Gasteiger partial charge in [-0.05, 0) is 0 Å². The summed E-state index contributed by atoms with van der Waals surface area (Å²) in [6.07, 6.45) is 2.18. The molecular formula is C18H17N5O3. The van der Waals surface area contributed by atoms with Crippen LogP contribution in [0.5, 0.6) is 0 Å². The zero-order valence-corrected chi connectivity index (χ0v) is 14.0. The average molecular weight is 351 g/mol. The van der Waals surface area contributed by atoms with Crippen molar-refractivity contribution in [2.75, 3.05) is 13.1 Å². The topological polar surface area (TPSA) is 107 Å². The molecule has 26 heavy (non-hydrogen) atoms. The summed E-state index contributed by atoms with van der Waals surface area (Å²) in [5, 5.41) is 3.92. The lowest BCUT2D eigenvalue weighted by molar-refractivity contribution is 0.0748. The number of aromatic nitrogens is 3. The van der Waals surface area contributed by atoms with E-state index < -0.39 is 5.91 Å². The third-order valence-electron chi connectivity index (χ3n) is 4.40. The van der Waals surface area contributed by atoms with Crippen LogP contribution in [0.25, 0.3) is 11.3 Å². The second kappa shape index (κ2) is 6.47. The highest BCUT2D eigenvalue weighted by atomic mass is 16.5. The fourth-order valence-electron chi connectivity index (χ4n) is 3.02. The third-order valence-corrected chi connectivity index (χ3v) is 4.40. The minimum absolute atomic E-state index is 0.184. The van der Waals surface area contributed by atoms with Crippen LogP contribution in [0.2, 0.25) is 0 Å². The summed E-state index contributed by atoms with van der Waals surface area (Å²) in [5.41, 5.74) is 6.67. The van der Waals surface area contributed by atoms with Crippen LogP contribution in [0, 0.1) is 0 Å². The van der Waals surface area contributed by atoms with Gasteiger partial charge in [-0.2, -0.15) is 0 Å². The van der Waals surface area contributed by atoms with Crippen molar-refractivity contribution in [2.45, 2.75) is 13.0 Å². The molecule has 8 nitrogen and oxygen atoms in total. The van der Waals surface area contributed by atoms with E-state index in [2.05, 4.69) is 10.1 Å². The lowest BCUT2D eigenvalue weighted by Gasteiger charge is -2.18. The number of carbonyl (C=O) groups is 2. The van der Waals surface area contributed by atoms with Gasteiger partial charge < -0.3 is 19.7 Å². The first-order chi connectivity index (χ1) is 12.6. The Hall–Kier alpha value is -3.42. The molecule has 2 aromatic heterocycles. The quantitative estimate of drug-likeness (QED) is 0.766. The average Bonchev–Trinajstić information content (AvgIpc) is 3.26. The molecule has 2 amide bonds. The number of nitrogens with zero attached hydrogens (tertiary/aromatic N) is 4. The number of amides is 2. The molecule has 0 bridgehead atoms. The van der Waals surface area contributed by atoms with Crippen molar-refractivity contribution in [3.63, 3.8) is 0 Å². The lowest BCUT2D eigenvalue weighted by Crippen LogP contribution is -2.33. The van der Waals surface area contributed by atoms with Gasteiger partial charge in [0.15, 0.2) is 11.5 Å². The summed E-state index contributed by atoms with van der Waals surface area (Å²) in [4.78, 5) is 29.9. The van der Waals surface area contributed by atoms with Gasteiger partial charge in [-0.3, -0.25) is 9.59 Å². The maximum Gasteiger partial charge on any atom is 0.276 e. The normalized spacial score (nSPS) is 13.9. The molecule has 4 rings (SSSR count).